The van der Waals surface area contributed by atoms with Crippen LogP contribution in [-0.2, 0) is 6.54 Å². The van der Waals surface area contributed by atoms with Crippen LogP contribution in [0, 0.1) is 24.0 Å². The molecule has 1 aromatic carbocycles. The zero-order chi connectivity index (χ0) is 16.3. The van der Waals surface area contributed by atoms with E-state index in [1.54, 1.807) is 13.8 Å². The lowest BCUT2D eigenvalue weighted by Gasteiger charge is -2.05. The average Bonchev–Trinajstić information content (AvgIpc) is 2.82. The molecule has 0 radical (unpaired) electrons. The molecule has 0 aliphatic carbocycles. The maximum atomic E-state index is 12.0. The van der Waals surface area contributed by atoms with Crippen LogP contribution in [0.2, 0.25) is 0 Å². The quantitative estimate of drug-likeness (QED) is 0.669. The standard InChI is InChI=1S/C14H15N3O5/c1-8-9(2)22-13(16-8)7-15-14(18)10-4-5-12(21-3)11(6-10)17(19)20/h4-6H,7H2,1-3H3,(H,15,18). The molecule has 116 valence electrons. The molecular formula is C14H15N3O5. The number of hydrogen-bond donors (Lipinski definition) is 1. The summed E-state index contributed by atoms with van der Waals surface area (Å²) in [6, 6.07) is 4.00. The highest BCUT2D eigenvalue weighted by atomic mass is 16.6. The number of benzene rings is 1. The number of nitro benzene ring substituents is 1. The molecule has 2 rings (SSSR count). The van der Waals surface area contributed by atoms with Crippen molar-refractivity contribution in [3.8, 4) is 5.75 Å². The molecule has 1 N–H and O–H groups in total. The summed E-state index contributed by atoms with van der Waals surface area (Å²) in [6.45, 7) is 3.69. The van der Waals surface area contributed by atoms with E-state index in [1.807, 2.05) is 0 Å². The van der Waals surface area contributed by atoms with Crippen molar-refractivity contribution in [2.75, 3.05) is 7.11 Å². The minimum Gasteiger partial charge on any atom is -0.490 e. The number of aryl methyl sites for hydroxylation is 2. The number of aromatic nitrogens is 1. The number of rotatable bonds is 5. The molecule has 0 bridgehead atoms. The van der Waals surface area contributed by atoms with Crippen LogP contribution in [0.15, 0.2) is 22.6 Å². The van der Waals surface area contributed by atoms with Gasteiger partial charge in [-0.05, 0) is 26.0 Å². The molecule has 1 aromatic heterocycles. The molecule has 0 atom stereocenters. The summed E-state index contributed by atoms with van der Waals surface area (Å²) in [6.07, 6.45) is 0. The number of hydrogen-bond acceptors (Lipinski definition) is 6. The molecule has 2 aromatic rings. The van der Waals surface area contributed by atoms with Gasteiger partial charge in [-0.1, -0.05) is 0 Å². The van der Waals surface area contributed by atoms with Crippen LogP contribution in [0.4, 0.5) is 5.69 Å². The summed E-state index contributed by atoms with van der Waals surface area (Å²) < 4.78 is 10.2. The van der Waals surface area contributed by atoms with Gasteiger partial charge >= 0.3 is 5.69 Å². The average molecular weight is 305 g/mol. The number of ether oxygens (including phenoxy) is 1. The fourth-order valence-corrected chi connectivity index (χ4v) is 1.85. The summed E-state index contributed by atoms with van der Waals surface area (Å²) >= 11 is 0. The molecular weight excluding hydrogens is 290 g/mol. The molecule has 0 saturated carbocycles. The molecule has 8 heteroatoms. The van der Waals surface area contributed by atoms with Crippen LogP contribution < -0.4 is 10.1 Å². The van der Waals surface area contributed by atoms with E-state index in [1.165, 1.54) is 25.3 Å². The van der Waals surface area contributed by atoms with E-state index in [0.29, 0.717) is 11.7 Å². The molecule has 0 unspecified atom stereocenters. The minimum absolute atomic E-state index is 0.0977. The Balaban J connectivity index is 2.12. The van der Waals surface area contributed by atoms with Crippen molar-refractivity contribution >= 4 is 11.6 Å². The normalized spacial score (nSPS) is 10.3. The van der Waals surface area contributed by atoms with E-state index >= 15 is 0 Å². The number of carbonyl (C=O) groups is 1. The fourth-order valence-electron chi connectivity index (χ4n) is 1.85. The van der Waals surface area contributed by atoms with Crippen LogP contribution in [0.5, 0.6) is 5.75 Å². The summed E-state index contributed by atoms with van der Waals surface area (Å²) in [5, 5.41) is 13.5. The van der Waals surface area contributed by atoms with E-state index in [9.17, 15) is 14.9 Å². The molecule has 8 nitrogen and oxygen atoms in total. The van der Waals surface area contributed by atoms with Gasteiger partial charge in [-0.2, -0.15) is 0 Å². The summed E-state index contributed by atoms with van der Waals surface area (Å²) in [5.74, 6) is 0.704. The Bertz CT molecular complexity index is 704. The van der Waals surface area contributed by atoms with Gasteiger partial charge in [0, 0.05) is 11.6 Å². The van der Waals surface area contributed by atoms with Crippen molar-refractivity contribution in [3.05, 3.63) is 51.2 Å². The van der Waals surface area contributed by atoms with Crippen molar-refractivity contribution in [3.63, 3.8) is 0 Å². The van der Waals surface area contributed by atoms with Gasteiger partial charge in [0.2, 0.25) is 5.89 Å². The highest BCUT2D eigenvalue weighted by molar-refractivity contribution is 5.95. The molecule has 22 heavy (non-hydrogen) atoms. The van der Waals surface area contributed by atoms with Crippen LogP contribution in [0.1, 0.15) is 27.7 Å². The van der Waals surface area contributed by atoms with Gasteiger partial charge in [0.25, 0.3) is 5.91 Å². The highest BCUT2D eigenvalue weighted by Crippen LogP contribution is 2.27. The van der Waals surface area contributed by atoms with E-state index < -0.39 is 10.8 Å². The second kappa shape index (κ2) is 6.25. The first-order valence-electron chi connectivity index (χ1n) is 6.46. The molecule has 0 saturated heterocycles. The Morgan fingerprint density at radius 3 is 2.73 bits per heavy atom. The summed E-state index contributed by atoms with van der Waals surface area (Å²) in [7, 11) is 1.33. The lowest BCUT2D eigenvalue weighted by atomic mass is 10.1. The largest absolute Gasteiger partial charge is 0.490 e. The van der Waals surface area contributed by atoms with Crippen molar-refractivity contribution in [1.29, 1.82) is 0 Å². The van der Waals surface area contributed by atoms with Crippen molar-refractivity contribution in [2.45, 2.75) is 20.4 Å². The first kappa shape index (κ1) is 15.5. The maximum Gasteiger partial charge on any atom is 0.311 e. The summed E-state index contributed by atoms with van der Waals surface area (Å²) in [5.41, 5.74) is 0.648. The van der Waals surface area contributed by atoms with Crippen LogP contribution in [0.25, 0.3) is 0 Å². The number of oxazole rings is 1. The maximum absolute atomic E-state index is 12.0. The van der Waals surface area contributed by atoms with Crippen molar-refractivity contribution in [1.82, 2.24) is 10.3 Å². The van der Waals surface area contributed by atoms with Gasteiger partial charge in [0.1, 0.15) is 5.76 Å². The first-order valence-corrected chi connectivity index (χ1v) is 6.46. The van der Waals surface area contributed by atoms with Gasteiger partial charge < -0.3 is 14.5 Å². The Morgan fingerprint density at radius 2 is 2.18 bits per heavy atom. The fraction of sp³-hybridized carbons (Fsp3) is 0.286. The van der Waals surface area contributed by atoms with E-state index in [2.05, 4.69) is 10.3 Å². The minimum atomic E-state index is -0.601. The van der Waals surface area contributed by atoms with Gasteiger partial charge in [-0.3, -0.25) is 14.9 Å². The van der Waals surface area contributed by atoms with Crippen molar-refractivity contribution in [2.24, 2.45) is 0 Å². The molecule has 1 heterocycles. The number of nitrogens with zero attached hydrogens (tertiary/aromatic N) is 2. The lowest BCUT2D eigenvalue weighted by Crippen LogP contribution is -2.23. The third-order valence-electron chi connectivity index (χ3n) is 3.11. The Hall–Kier alpha value is -2.90. The Morgan fingerprint density at radius 1 is 1.45 bits per heavy atom. The van der Waals surface area contributed by atoms with Gasteiger partial charge in [-0.25, -0.2) is 4.98 Å². The molecule has 0 spiro atoms. The van der Waals surface area contributed by atoms with Gasteiger partial charge in [0.15, 0.2) is 5.75 Å². The number of amides is 1. The smallest absolute Gasteiger partial charge is 0.311 e. The molecule has 0 aliphatic rings. The highest BCUT2D eigenvalue weighted by Gasteiger charge is 2.18. The van der Waals surface area contributed by atoms with Crippen LogP contribution in [0.3, 0.4) is 0 Å². The monoisotopic (exact) mass is 305 g/mol. The second-order valence-electron chi connectivity index (χ2n) is 4.58. The predicted octanol–water partition coefficient (Wildman–Crippen LogP) is 2.14. The third-order valence-corrected chi connectivity index (χ3v) is 3.11. The topological polar surface area (TPSA) is 108 Å². The molecule has 0 aliphatic heterocycles. The Labute approximate surface area is 126 Å². The third kappa shape index (κ3) is 3.22. The van der Waals surface area contributed by atoms with E-state index in [-0.39, 0.29) is 23.5 Å². The van der Waals surface area contributed by atoms with Gasteiger partial charge in [-0.15, -0.1) is 0 Å². The van der Waals surface area contributed by atoms with E-state index in [0.717, 1.165) is 5.69 Å². The van der Waals surface area contributed by atoms with Crippen LogP contribution >= 0.6 is 0 Å². The number of carbonyl (C=O) groups excluding carboxylic acids is 1. The van der Waals surface area contributed by atoms with Crippen LogP contribution in [-0.4, -0.2) is 22.9 Å². The number of nitro groups is 1. The Kier molecular flexibility index (Phi) is 4.40. The van der Waals surface area contributed by atoms with E-state index in [4.69, 9.17) is 9.15 Å². The SMILES string of the molecule is COc1ccc(C(=O)NCc2nc(C)c(C)o2)cc1[N+](=O)[O-]. The number of nitrogens with one attached hydrogen (secondary N) is 1. The number of methoxy groups -OCH3 is 1. The molecule has 0 fully saturated rings. The predicted molar refractivity (Wildman–Crippen MR) is 76.8 cm³/mol. The first-order chi connectivity index (χ1) is 10.4. The van der Waals surface area contributed by atoms with Crippen molar-refractivity contribution < 1.29 is 18.9 Å². The zero-order valence-electron chi connectivity index (χ0n) is 12.4. The molecule has 1 amide bonds. The summed E-state index contributed by atoms with van der Waals surface area (Å²) in [4.78, 5) is 26.5. The van der Waals surface area contributed by atoms with Gasteiger partial charge in [0.05, 0.1) is 24.3 Å². The lowest BCUT2D eigenvalue weighted by molar-refractivity contribution is -0.385. The second-order valence-corrected chi connectivity index (χ2v) is 4.58. The zero-order valence-corrected chi connectivity index (χ0v) is 12.4.